The van der Waals surface area contributed by atoms with Gasteiger partial charge in [0.15, 0.2) is 5.75 Å². The molecule has 0 bridgehead atoms. The summed E-state index contributed by atoms with van der Waals surface area (Å²) in [6.45, 7) is 10.4. The topological polar surface area (TPSA) is 38.3 Å². The first-order valence-corrected chi connectivity index (χ1v) is 5.66. The lowest BCUT2D eigenvalue weighted by atomic mass is 10.2. The summed E-state index contributed by atoms with van der Waals surface area (Å²) >= 11 is 0. The zero-order chi connectivity index (χ0) is 13.0. The fourth-order valence-electron chi connectivity index (χ4n) is 0.985. The van der Waals surface area contributed by atoms with E-state index < -0.39 is 0 Å². The van der Waals surface area contributed by atoms with Crippen molar-refractivity contribution >= 4 is 12.2 Å². The molecule has 0 amide bonds. The van der Waals surface area contributed by atoms with Gasteiger partial charge in [0.2, 0.25) is 0 Å². The van der Waals surface area contributed by atoms with E-state index >= 15 is 0 Å². The Morgan fingerprint density at radius 1 is 1.19 bits per heavy atom. The standard InChI is InChI=1S/C9H11NO2.2C2H6/c1-7-3-4-8(10-2)9(5-7)12-6-11;2*1-2/h3-6,10H,1-2H3;2*1-2H3. The van der Waals surface area contributed by atoms with Crippen molar-refractivity contribution in [3.05, 3.63) is 23.8 Å². The smallest absolute Gasteiger partial charge is 0.298 e. The van der Waals surface area contributed by atoms with Gasteiger partial charge in [0, 0.05) is 7.05 Å². The van der Waals surface area contributed by atoms with E-state index in [0.29, 0.717) is 12.2 Å². The van der Waals surface area contributed by atoms with Crippen LogP contribution in [-0.4, -0.2) is 13.5 Å². The van der Waals surface area contributed by atoms with Gasteiger partial charge in [-0.3, -0.25) is 4.79 Å². The van der Waals surface area contributed by atoms with Gasteiger partial charge in [-0.25, -0.2) is 0 Å². The quantitative estimate of drug-likeness (QED) is 0.798. The molecule has 0 saturated carbocycles. The lowest BCUT2D eigenvalue weighted by Gasteiger charge is -2.06. The van der Waals surface area contributed by atoms with E-state index in [9.17, 15) is 4.79 Å². The van der Waals surface area contributed by atoms with E-state index in [1.54, 1.807) is 13.1 Å². The predicted molar refractivity (Wildman–Crippen MR) is 70.1 cm³/mol. The maximum Gasteiger partial charge on any atom is 0.298 e. The summed E-state index contributed by atoms with van der Waals surface area (Å²) in [5.74, 6) is 0.563. The van der Waals surface area contributed by atoms with Crippen LogP contribution >= 0.6 is 0 Å². The first-order chi connectivity index (χ1) is 7.77. The van der Waals surface area contributed by atoms with E-state index in [4.69, 9.17) is 4.74 Å². The Morgan fingerprint density at radius 3 is 2.19 bits per heavy atom. The Balaban J connectivity index is 0. The molecule has 0 spiro atoms. The van der Waals surface area contributed by atoms with Gasteiger partial charge >= 0.3 is 0 Å². The van der Waals surface area contributed by atoms with Crippen molar-refractivity contribution in [3.63, 3.8) is 0 Å². The van der Waals surface area contributed by atoms with Gasteiger partial charge in [-0.05, 0) is 24.6 Å². The van der Waals surface area contributed by atoms with Gasteiger partial charge in [-0.1, -0.05) is 33.8 Å². The Labute approximate surface area is 98.8 Å². The monoisotopic (exact) mass is 225 g/mol. The highest BCUT2D eigenvalue weighted by atomic mass is 16.5. The summed E-state index contributed by atoms with van der Waals surface area (Å²) in [7, 11) is 1.78. The fourth-order valence-corrected chi connectivity index (χ4v) is 0.985. The maximum atomic E-state index is 10.1. The molecule has 1 aromatic carbocycles. The van der Waals surface area contributed by atoms with Gasteiger partial charge in [-0.2, -0.15) is 0 Å². The molecule has 1 aromatic rings. The summed E-state index contributed by atoms with van der Waals surface area (Å²) in [4.78, 5) is 10.1. The molecule has 0 aromatic heterocycles. The lowest BCUT2D eigenvalue weighted by molar-refractivity contribution is -0.120. The van der Waals surface area contributed by atoms with Crippen LogP contribution in [0.1, 0.15) is 33.3 Å². The average Bonchev–Trinajstić information content (AvgIpc) is 2.35. The molecule has 0 aliphatic carbocycles. The fraction of sp³-hybridized carbons (Fsp3) is 0.462. The Morgan fingerprint density at radius 2 is 1.75 bits per heavy atom. The summed E-state index contributed by atoms with van der Waals surface area (Å²) < 4.78 is 4.77. The van der Waals surface area contributed by atoms with Crippen LogP contribution in [0.4, 0.5) is 5.69 Å². The minimum atomic E-state index is 0.426. The number of hydrogen-bond acceptors (Lipinski definition) is 3. The van der Waals surface area contributed by atoms with Crippen molar-refractivity contribution in [2.45, 2.75) is 34.6 Å². The molecule has 3 heteroatoms. The Bertz CT molecular complexity index is 285. The third kappa shape index (κ3) is 6.06. The number of ether oxygens (including phenoxy) is 1. The van der Waals surface area contributed by atoms with Crippen LogP contribution in [0, 0.1) is 6.92 Å². The van der Waals surface area contributed by atoms with Crippen molar-refractivity contribution < 1.29 is 9.53 Å². The zero-order valence-corrected chi connectivity index (χ0v) is 11.1. The second-order valence-corrected chi connectivity index (χ2v) is 2.46. The van der Waals surface area contributed by atoms with Gasteiger partial charge in [0.25, 0.3) is 6.47 Å². The molecule has 92 valence electrons. The number of hydrogen-bond donors (Lipinski definition) is 1. The Hall–Kier alpha value is -1.51. The molecule has 1 N–H and O–H groups in total. The highest BCUT2D eigenvalue weighted by molar-refractivity contribution is 5.61. The van der Waals surface area contributed by atoms with E-state index in [1.165, 1.54) is 0 Å². The van der Waals surface area contributed by atoms with Crippen molar-refractivity contribution in [1.29, 1.82) is 0 Å². The summed E-state index contributed by atoms with van der Waals surface area (Å²) in [5.41, 5.74) is 1.87. The van der Waals surface area contributed by atoms with Gasteiger partial charge in [0.1, 0.15) is 0 Å². The third-order valence-electron chi connectivity index (χ3n) is 1.58. The Kier molecular flexibility index (Phi) is 12.2. The third-order valence-corrected chi connectivity index (χ3v) is 1.58. The van der Waals surface area contributed by atoms with Crippen molar-refractivity contribution in [2.75, 3.05) is 12.4 Å². The van der Waals surface area contributed by atoms with Crippen LogP contribution in [0.5, 0.6) is 5.75 Å². The molecule has 3 nitrogen and oxygen atoms in total. The van der Waals surface area contributed by atoms with Crippen molar-refractivity contribution in [3.8, 4) is 5.75 Å². The van der Waals surface area contributed by atoms with E-state index in [-0.39, 0.29) is 0 Å². The minimum Gasteiger partial charge on any atom is -0.427 e. The zero-order valence-electron chi connectivity index (χ0n) is 11.1. The second kappa shape index (κ2) is 11.6. The van der Waals surface area contributed by atoms with Gasteiger partial charge in [-0.15, -0.1) is 0 Å². The molecule has 16 heavy (non-hydrogen) atoms. The largest absolute Gasteiger partial charge is 0.427 e. The normalized spacial score (nSPS) is 7.62. The minimum absolute atomic E-state index is 0.426. The molecule has 0 saturated heterocycles. The summed E-state index contributed by atoms with van der Waals surface area (Å²) in [6, 6.07) is 5.62. The molecule has 0 heterocycles. The van der Waals surface area contributed by atoms with Crippen molar-refractivity contribution in [2.24, 2.45) is 0 Å². The molecule has 1 rings (SSSR count). The van der Waals surface area contributed by atoms with Crippen LogP contribution in [-0.2, 0) is 4.79 Å². The number of rotatable bonds is 3. The predicted octanol–water partition coefficient (Wildman–Crippen LogP) is 3.62. The van der Waals surface area contributed by atoms with E-state index in [0.717, 1.165) is 11.3 Å². The summed E-state index contributed by atoms with van der Waals surface area (Å²) in [6.07, 6.45) is 0. The average molecular weight is 225 g/mol. The lowest BCUT2D eigenvalue weighted by Crippen LogP contribution is -1.96. The summed E-state index contributed by atoms with van der Waals surface area (Å²) in [5, 5.41) is 2.92. The number of carbonyl (C=O) groups excluding carboxylic acids is 1. The van der Waals surface area contributed by atoms with Gasteiger partial charge < -0.3 is 10.1 Å². The number of benzene rings is 1. The molecular weight excluding hydrogens is 202 g/mol. The highest BCUT2D eigenvalue weighted by Gasteiger charge is 2.00. The van der Waals surface area contributed by atoms with Crippen LogP contribution in [0.2, 0.25) is 0 Å². The molecule has 0 aliphatic rings. The number of carbonyl (C=O) groups is 1. The molecule has 0 atom stereocenters. The molecule has 0 fully saturated rings. The SMILES string of the molecule is CC.CC.CNc1ccc(C)cc1OC=O. The highest BCUT2D eigenvalue weighted by Crippen LogP contribution is 2.24. The van der Waals surface area contributed by atoms with Crippen LogP contribution < -0.4 is 10.1 Å². The number of anilines is 1. The van der Waals surface area contributed by atoms with E-state index in [1.807, 2.05) is 46.8 Å². The number of aryl methyl sites for hydroxylation is 1. The molecule has 0 radical (unpaired) electrons. The first kappa shape index (κ1) is 16.9. The van der Waals surface area contributed by atoms with Crippen molar-refractivity contribution in [1.82, 2.24) is 0 Å². The number of nitrogens with one attached hydrogen (secondary N) is 1. The maximum absolute atomic E-state index is 10.1. The first-order valence-electron chi connectivity index (χ1n) is 5.66. The molecule has 0 unspecified atom stereocenters. The van der Waals surface area contributed by atoms with Crippen LogP contribution in [0.25, 0.3) is 0 Å². The van der Waals surface area contributed by atoms with Crippen LogP contribution in [0.15, 0.2) is 18.2 Å². The van der Waals surface area contributed by atoms with E-state index in [2.05, 4.69) is 5.32 Å². The molecular formula is C13H23NO2. The van der Waals surface area contributed by atoms with Gasteiger partial charge in [0.05, 0.1) is 5.69 Å². The van der Waals surface area contributed by atoms with Crippen LogP contribution in [0.3, 0.4) is 0 Å². The second-order valence-electron chi connectivity index (χ2n) is 2.46. The molecule has 0 aliphatic heterocycles.